The highest BCUT2D eigenvalue weighted by Gasteiger charge is 2.27. The molecule has 7 heteroatoms. The van der Waals surface area contributed by atoms with E-state index in [1.807, 2.05) is 12.1 Å². The highest BCUT2D eigenvalue weighted by atomic mass is 32.2. The first kappa shape index (κ1) is 22.7. The van der Waals surface area contributed by atoms with Crippen LogP contribution in [0.1, 0.15) is 30.9 Å². The zero-order chi connectivity index (χ0) is 22.4. The molecule has 5 nitrogen and oxygen atoms in total. The zero-order valence-corrected chi connectivity index (χ0v) is 18.3. The van der Waals surface area contributed by atoms with E-state index in [1.54, 1.807) is 30.3 Å². The molecule has 3 aromatic carbocycles. The van der Waals surface area contributed by atoms with Crippen molar-refractivity contribution in [2.24, 2.45) is 0 Å². The predicted molar refractivity (Wildman–Crippen MR) is 120 cm³/mol. The van der Waals surface area contributed by atoms with Crippen LogP contribution in [0.2, 0.25) is 0 Å². The van der Waals surface area contributed by atoms with Gasteiger partial charge in [-0.25, -0.2) is 12.8 Å². The van der Waals surface area contributed by atoms with Gasteiger partial charge in [-0.3, -0.25) is 4.79 Å². The van der Waals surface area contributed by atoms with Gasteiger partial charge in [-0.15, -0.1) is 0 Å². The fraction of sp³-hybridized carbons (Fsp3) is 0.208. The molecule has 3 aromatic rings. The van der Waals surface area contributed by atoms with Gasteiger partial charge in [0.25, 0.3) is 0 Å². The highest BCUT2D eigenvalue weighted by molar-refractivity contribution is 7.89. The maximum Gasteiger partial charge on any atom is 0.243 e. The Hall–Kier alpha value is -3.03. The Morgan fingerprint density at radius 2 is 1.55 bits per heavy atom. The van der Waals surface area contributed by atoms with Crippen molar-refractivity contribution >= 4 is 21.6 Å². The minimum atomic E-state index is -3.94. The first-order chi connectivity index (χ1) is 14.8. The SMILES string of the molecule is CC(C)c1ccc(NC(=O)CN(Cc2ccc(F)cc2)S(=O)(=O)c2ccccc2)cc1. The maximum atomic E-state index is 13.3. The second-order valence-electron chi connectivity index (χ2n) is 7.54. The van der Waals surface area contributed by atoms with E-state index < -0.39 is 21.7 Å². The second-order valence-corrected chi connectivity index (χ2v) is 9.48. The van der Waals surface area contributed by atoms with E-state index in [2.05, 4.69) is 19.2 Å². The van der Waals surface area contributed by atoms with Crippen LogP contribution in [-0.2, 0) is 21.4 Å². The summed E-state index contributed by atoms with van der Waals surface area (Å²) in [6.07, 6.45) is 0. The van der Waals surface area contributed by atoms with Crippen molar-refractivity contribution in [3.8, 4) is 0 Å². The Morgan fingerprint density at radius 1 is 0.935 bits per heavy atom. The highest BCUT2D eigenvalue weighted by Crippen LogP contribution is 2.20. The van der Waals surface area contributed by atoms with E-state index in [1.165, 1.54) is 36.4 Å². The van der Waals surface area contributed by atoms with Gasteiger partial charge in [-0.1, -0.05) is 56.3 Å². The van der Waals surface area contributed by atoms with Gasteiger partial charge in [0.1, 0.15) is 5.82 Å². The number of sulfonamides is 1. The molecule has 0 atom stereocenters. The molecule has 0 fully saturated rings. The number of nitrogens with one attached hydrogen (secondary N) is 1. The number of anilines is 1. The largest absolute Gasteiger partial charge is 0.325 e. The summed E-state index contributed by atoms with van der Waals surface area (Å²) in [6.45, 7) is 3.72. The molecule has 0 spiro atoms. The summed E-state index contributed by atoms with van der Waals surface area (Å²) in [5.41, 5.74) is 2.31. The van der Waals surface area contributed by atoms with Crippen LogP contribution in [0.4, 0.5) is 10.1 Å². The number of nitrogens with zero attached hydrogens (tertiary/aromatic N) is 1. The minimum absolute atomic E-state index is 0.0583. The summed E-state index contributed by atoms with van der Waals surface area (Å²) in [7, 11) is -3.94. The van der Waals surface area contributed by atoms with Crippen LogP contribution < -0.4 is 5.32 Å². The molecule has 0 radical (unpaired) electrons. The van der Waals surface area contributed by atoms with Crippen molar-refractivity contribution in [1.82, 2.24) is 4.31 Å². The van der Waals surface area contributed by atoms with Gasteiger partial charge in [-0.05, 0) is 53.4 Å². The average Bonchev–Trinajstić information content (AvgIpc) is 2.75. The third-order valence-electron chi connectivity index (χ3n) is 4.83. The minimum Gasteiger partial charge on any atom is -0.325 e. The van der Waals surface area contributed by atoms with Gasteiger partial charge in [0, 0.05) is 12.2 Å². The lowest BCUT2D eigenvalue weighted by atomic mass is 10.0. The monoisotopic (exact) mass is 440 g/mol. The van der Waals surface area contributed by atoms with Crippen LogP contribution in [0.3, 0.4) is 0 Å². The molecule has 0 bridgehead atoms. The molecule has 0 unspecified atom stereocenters. The summed E-state index contributed by atoms with van der Waals surface area (Å²) < 4.78 is 40.7. The number of carbonyl (C=O) groups is 1. The lowest BCUT2D eigenvalue weighted by molar-refractivity contribution is -0.116. The molecule has 31 heavy (non-hydrogen) atoms. The maximum absolute atomic E-state index is 13.3. The summed E-state index contributed by atoms with van der Waals surface area (Å²) >= 11 is 0. The van der Waals surface area contributed by atoms with Crippen molar-refractivity contribution in [3.63, 3.8) is 0 Å². The van der Waals surface area contributed by atoms with Gasteiger partial charge >= 0.3 is 0 Å². The molecular formula is C24H25FN2O3S. The van der Waals surface area contributed by atoms with Crippen LogP contribution in [-0.4, -0.2) is 25.2 Å². The Balaban J connectivity index is 1.81. The Labute approximate surface area is 182 Å². The fourth-order valence-electron chi connectivity index (χ4n) is 3.07. The molecule has 1 amide bonds. The quantitative estimate of drug-likeness (QED) is 0.548. The molecule has 0 saturated heterocycles. The van der Waals surface area contributed by atoms with Crippen molar-refractivity contribution < 1.29 is 17.6 Å². The van der Waals surface area contributed by atoms with Crippen molar-refractivity contribution in [3.05, 3.63) is 95.8 Å². The standard InChI is InChI=1S/C24H25FN2O3S/c1-18(2)20-10-14-22(15-11-20)26-24(28)17-27(16-19-8-12-21(25)13-9-19)31(29,30)23-6-4-3-5-7-23/h3-15,18H,16-17H2,1-2H3,(H,26,28). The van der Waals surface area contributed by atoms with E-state index in [-0.39, 0.29) is 18.0 Å². The van der Waals surface area contributed by atoms with Crippen molar-refractivity contribution in [1.29, 1.82) is 0 Å². The third kappa shape index (κ3) is 5.99. The van der Waals surface area contributed by atoms with Crippen molar-refractivity contribution in [2.75, 3.05) is 11.9 Å². The van der Waals surface area contributed by atoms with Crippen molar-refractivity contribution in [2.45, 2.75) is 31.2 Å². The Kier molecular flexibility index (Phi) is 7.20. The number of amides is 1. The molecule has 0 aromatic heterocycles. The molecule has 0 aliphatic heterocycles. The number of halogens is 1. The summed E-state index contributed by atoms with van der Waals surface area (Å²) in [5.74, 6) is -0.505. The van der Waals surface area contributed by atoms with E-state index in [0.717, 1.165) is 9.87 Å². The van der Waals surface area contributed by atoms with Crippen LogP contribution in [0.25, 0.3) is 0 Å². The topological polar surface area (TPSA) is 66.5 Å². The number of carbonyl (C=O) groups excluding carboxylic acids is 1. The number of hydrogen-bond donors (Lipinski definition) is 1. The first-order valence-electron chi connectivity index (χ1n) is 9.95. The number of hydrogen-bond acceptors (Lipinski definition) is 3. The lowest BCUT2D eigenvalue weighted by Gasteiger charge is -2.22. The van der Waals surface area contributed by atoms with E-state index in [0.29, 0.717) is 17.2 Å². The normalized spacial score (nSPS) is 11.6. The Bertz CT molecular complexity index is 1110. The molecule has 0 aliphatic rings. The smallest absolute Gasteiger partial charge is 0.243 e. The van der Waals surface area contributed by atoms with Gasteiger partial charge in [0.15, 0.2) is 0 Å². The summed E-state index contributed by atoms with van der Waals surface area (Å²) in [6, 6.07) is 20.9. The van der Waals surface area contributed by atoms with E-state index in [4.69, 9.17) is 0 Å². The van der Waals surface area contributed by atoms with Gasteiger partial charge < -0.3 is 5.32 Å². The van der Waals surface area contributed by atoms with Crippen LogP contribution in [0.5, 0.6) is 0 Å². The van der Waals surface area contributed by atoms with Gasteiger partial charge in [-0.2, -0.15) is 4.31 Å². The average molecular weight is 441 g/mol. The summed E-state index contributed by atoms with van der Waals surface area (Å²) in [5, 5.41) is 2.75. The third-order valence-corrected chi connectivity index (χ3v) is 6.64. The predicted octanol–water partition coefficient (Wildman–Crippen LogP) is 4.78. The molecule has 0 heterocycles. The Morgan fingerprint density at radius 3 is 2.13 bits per heavy atom. The second kappa shape index (κ2) is 9.85. The zero-order valence-electron chi connectivity index (χ0n) is 17.5. The fourth-order valence-corrected chi connectivity index (χ4v) is 4.48. The molecule has 3 rings (SSSR count). The van der Waals surface area contributed by atoms with Gasteiger partial charge in [0.2, 0.25) is 15.9 Å². The number of benzene rings is 3. The van der Waals surface area contributed by atoms with E-state index >= 15 is 0 Å². The van der Waals surface area contributed by atoms with Gasteiger partial charge in [0.05, 0.1) is 11.4 Å². The molecule has 1 N–H and O–H groups in total. The molecule has 0 saturated carbocycles. The van der Waals surface area contributed by atoms with Crippen LogP contribution in [0, 0.1) is 5.82 Å². The van der Waals surface area contributed by atoms with Crippen LogP contribution >= 0.6 is 0 Å². The van der Waals surface area contributed by atoms with E-state index in [9.17, 15) is 17.6 Å². The molecule has 0 aliphatic carbocycles. The first-order valence-corrected chi connectivity index (χ1v) is 11.4. The number of rotatable bonds is 8. The molecule has 162 valence electrons. The summed E-state index contributed by atoms with van der Waals surface area (Å²) in [4.78, 5) is 12.8. The molecular weight excluding hydrogens is 415 g/mol. The lowest BCUT2D eigenvalue weighted by Crippen LogP contribution is -2.37. The van der Waals surface area contributed by atoms with Crippen LogP contribution in [0.15, 0.2) is 83.8 Å².